The third-order valence-corrected chi connectivity index (χ3v) is 13.8. The quantitative estimate of drug-likeness (QED) is 0.170. The second-order valence-electron chi connectivity index (χ2n) is 14.3. The molecule has 0 unspecified atom stereocenters. The lowest BCUT2D eigenvalue weighted by Crippen LogP contribution is -2.06. The van der Waals surface area contributed by atoms with E-state index in [2.05, 4.69) is 137 Å². The predicted octanol–water partition coefficient (Wildman–Crippen LogP) is 14.9. The molecule has 0 atom stereocenters. The fourth-order valence-corrected chi connectivity index (χ4v) is 11.5. The highest BCUT2D eigenvalue weighted by Gasteiger charge is 2.26. The zero-order valence-electron chi connectivity index (χ0n) is 29.4. The summed E-state index contributed by atoms with van der Waals surface area (Å²) >= 11 is 3.60. The number of hydrogen-bond acceptors (Lipinski definition) is 2. The first kappa shape index (κ1) is 31.1. The van der Waals surface area contributed by atoms with Crippen LogP contribution < -0.4 is 0 Å². The van der Waals surface area contributed by atoms with Crippen molar-refractivity contribution in [3.8, 4) is 22.5 Å². The van der Waals surface area contributed by atoms with Gasteiger partial charge in [0.15, 0.2) is 0 Å². The number of para-hydroxylation sites is 2. The molecule has 12 rings (SSSR count). The van der Waals surface area contributed by atoms with Crippen LogP contribution in [0.3, 0.4) is 0 Å². The first-order valence-electron chi connectivity index (χ1n) is 18.3. The van der Waals surface area contributed by atoms with E-state index in [0.29, 0.717) is 5.56 Å². The van der Waals surface area contributed by atoms with Gasteiger partial charge in [-0.15, -0.1) is 22.7 Å². The zero-order chi connectivity index (χ0) is 36.5. The Hall–Kier alpha value is -6.34. The average molecular weight is 747 g/mol. The number of halogens is 2. The van der Waals surface area contributed by atoms with Crippen LogP contribution in [0, 0.1) is 18.6 Å². The number of aromatic nitrogens is 2. The minimum atomic E-state index is -0.584. The molecule has 0 aliphatic carbocycles. The Bertz CT molecular complexity index is 3580. The number of fused-ring (bicyclic) bond motifs is 14. The van der Waals surface area contributed by atoms with E-state index in [0.717, 1.165) is 60.5 Å². The van der Waals surface area contributed by atoms with Gasteiger partial charge in [-0.05, 0) is 66.6 Å². The van der Waals surface area contributed by atoms with Crippen LogP contribution in [0.4, 0.5) is 8.78 Å². The van der Waals surface area contributed by atoms with Gasteiger partial charge in [0.2, 0.25) is 0 Å². The van der Waals surface area contributed by atoms with Crippen molar-refractivity contribution in [3.63, 3.8) is 0 Å². The highest BCUT2D eigenvalue weighted by Crippen LogP contribution is 2.48. The first-order valence-corrected chi connectivity index (χ1v) is 19.9. The molecule has 6 heteroatoms. The summed E-state index contributed by atoms with van der Waals surface area (Å²) in [5.74, 6) is -1.17. The number of aryl methyl sites for hydroxylation is 1. The molecule has 0 N–H and O–H groups in total. The Labute approximate surface area is 321 Å². The molecule has 0 radical (unpaired) electrons. The number of thiophene rings is 2. The standard InChI is InChI=1S/C49H28F2N2S2/c1-27-25-41(52-39-17-6-2-11-28(39)32-21-23-34-30-13-4-8-19-43(30)54-48(34)46(32)52)42(26-36(27)45-37(50)15-10-16-38(45)51)53-40-18-7-3-12-29(40)33-22-24-35-31-14-5-9-20-44(31)55-49(35)47(33)53/h2-26H,1H3. The normalized spacial score (nSPS) is 12.3. The van der Waals surface area contributed by atoms with Crippen LogP contribution in [-0.2, 0) is 0 Å². The molecule has 260 valence electrons. The lowest BCUT2D eigenvalue weighted by molar-refractivity contribution is 0.589. The summed E-state index contributed by atoms with van der Waals surface area (Å²) in [5.41, 5.74) is 7.38. The van der Waals surface area contributed by atoms with Crippen LogP contribution in [0.1, 0.15) is 5.56 Å². The van der Waals surface area contributed by atoms with Crippen LogP contribution in [-0.4, -0.2) is 9.13 Å². The lowest BCUT2D eigenvalue weighted by Gasteiger charge is -2.21. The maximum atomic E-state index is 15.8. The van der Waals surface area contributed by atoms with E-state index in [-0.39, 0.29) is 5.56 Å². The van der Waals surface area contributed by atoms with Crippen LogP contribution in [0.2, 0.25) is 0 Å². The average Bonchev–Trinajstić information content (AvgIpc) is 3.96. The molecule has 0 spiro atoms. The molecule has 0 saturated carbocycles. The molecule has 4 heterocycles. The van der Waals surface area contributed by atoms with Crippen molar-refractivity contribution < 1.29 is 8.78 Å². The van der Waals surface area contributed by atoms with Crippen LogP contribution in [0.5, 0.6) is 0 Å². The topological polar surface area (TPSA) is 9.86 Å². The fraction of sp³-hybridized carbons (Fsp3) is 0.0204. The Morgan fingerprint density at radius 2 is 0.855 bits per heavy atom. The van der Waals surface area contributed by atoms with Gasteiger partial charge in [0.1, 0.15) is 11.6 Å². The SMILES string of the molecule is Cc1cc(-n2c3ccccc3c3ccc4c5ccccc5sc4c32)c(-n2c3ccccc3c3ccc4c5ccccc5sc4c32)cc1-c1c(F)cccc1F. The van der Waals surface area contributed by atoms with E-state index in [1.807, 2.05) is 24.3 Å². The van der Waals surface area contributed by atoms with Crippen molar-refractivity contribution in [1.82, 2.24) is 9.13 Å². The van der Waals surface area contributed by atoms with Crippen molar-refractivity contribution in [1.29, 1.82) is 0 Å². The molecular formula is C49H28F2N2S2. The minimum Gasteiger partial charge on any atom is -0.306 e. The molecule has 12 aromatic rings. The van der Waals surface area contributed by atoms with Crippen molar-refractivity contribution in [2.45, 2.75) is 6.92 Å². The van der Waals surface area contributed by atoms with Gasteiger partial charge in [0, 0.05) is 52.5 Å². The summed E-state index contributed by atoms with van der Waals surface area (Å²) < 4.78 is 41.3. The summed E-state index contributed by atoms with van der Waals surface area (Å²) in [6.45, 7) is 1.97. The van der Waals surface area contributed by atoms with E-state index < -0.39 is 11.6 Å². The van der Waals surface area contributed by atoms with E-state index in [9.17, 15) is 0 Å². The number of rotatable bonds is 3. The van der Waals surface area contributed by atoms with Gasteiger partial charge in [-0.2, -0.15) is 0 Å². The molecule has 0 aliphatic rings. The molecular weight excluding hydrogens is 719 g/mol. The molecule has 55 heavy (non-hydrogen) atoms. The van der Waals surface area contributed by atoms with Gasteiger partial charge in [0.05, 0.1) is 48.4 Å². The number of nitrogens with zero attached hydrogens (tertiary/aromatic N) is 2. The number of hydrogen-bond donors (Lipinski definition) is 0. The molecule has 8 aromatic carbocycles. The van der Waals surface area contributed by atoms with Gasteiger partial charge in [-0.1, -0.05) is 103 Å². The molecule has 0 aliphatic heterocycles. The first-order chi connectivity index (χ1) is 27.0. The van der Waals surface area contributed by atoms with E-state index >= 15 is 8.78 Å². The molecule has 4 aromatic heterocycles. The van der Waals surface area contributed by atoms with Gasteiger partial charge in [-0.25, -0.2) is 8.78 Å². The minimum absolute atomic E-state index is 0.0188. The second-order valence-corrected chi connectivity index (χ2v) is 16.4. The smallest absolute Gasteiger partial charge is 0.133 e. The zero-order valence-corrected chi connectivity index (χ0v) is 31.0. The molecule has 0 fully saturated rings. The van der Waals surface area contributed by atoms with Crippen molar-refractivity contribution >= 4 is 107 Å². The summed E-state index contributed by atoms with van der Waals surface area (Å²) in [6.07, 6.45) is 0. The summed E-state index contributed by atoms with van der Waals surface area (Å²) in [5, 5.41) is 9.42. The van der Waals surface area contributed by atoms with Crippen molar-refractivity contribution in [2.75, 3.05) is 0 Å². The third kappa shape index (κ3) is 4.21. The molecule has 2 nitrogen and oxygen atoms in total. The molecule has 0 bridgehead atoms. The van der Waals surface area contributed by atoms with Gasteiger partial charge in [-0.3, -0.25) is 0 Å². The van der Waals surface area contributed by atoms with Crippen LogP contribution in [0.25, 0.3) is 106 Å². The largest absolute Gasteiger partial charge is 0.306 e. The van der Waals surface area contributed by atoms with Gasteiger partial charge in [0.25, 0.3) is 0 Å². The van der Waals surface area contributed by atoms with Crippen LogP contribution >= 0.6 is 22.7 Å². The third-order valence-electron chi connectivity index (χ3n) is 11.4. The Balaban J connectivity index is 1.32. The Morgan fingerprint density at radius 1 is 0.418 bits per heavy atom. The Morgan fingerprint density at radius 3 is 1.38 bits per heavy atom. The lowest BCUT2D eigenvalue weighted by atomic mass is 9.97. The van der Waals surface area contributed by atoms with Gasteiger partial charge < -0.3 is 9.13 Å². The monoisotopic (exact) mass is 746 g/mol. The van der Waals surface area contributed by atoms with Crippen molar-refractivity contribution in [3.05, 3.63) is 169 Å². The highest BCUT2D eigenvalue weighted by atomic mass is 32.1. The summed E-state index contributed by atoms with van der Waals surface area (Å²) in [6, 6.07) is 51.5. The predicted molar refractivity (Wildman–Crippen MR) is 231 cm³/mol. The van der Waals surface area contributed by atoms with Gasteiger partial charge >= 0.3 is 0 Å². The summed E-state index contributed by atoms with van der Waals surface area (Å²) in [4.78, 5) is 0. The number of benzene rings is 8. The fourth-order valence-electron chi connectivity index (χ4n) is 9.03. The van der Waals surface area contributed by atoms with Crippen LogP contribution in [0.15, 0.2) is 152 Å². The maximum absolute atomic E-state index is 15.8. The van der Waals surface area contributed by atoms with Crippen molar-refractivity contribution in [2.24, 2.45) is 0 Å². The Kier molecular flexibility index (Phi) is 6.40. The molecule has 0 amide bonds. The second kappa shape index (κ2) is 11.3. The highest BCUT2D eigenvalue weighted by molar-refractivity contribution is 7.27. The van der Waals surface area contributed by atoms with E-state index in [4.69, 9.17) is 0 Å². The summed E-state index contributed by atoms with van der Waals surface area (Å²) in [7, 11) is 0. The molecule has 0 saturated heterocycles. The van der Waals surface area contributed by atoms with E-state index in [1.54, 1.807) is 11.3 Å². The maximum Gasteiger partial charge on any atom is 0.133 e. The van der Waals surface area contributed by atoms with E-state index in [1.165, 1.54) is 58.5 Å².